The van der Waals surface area contributed by atoms with Crippen molar-refractivity contribution in [1.82, 2.24) is 4.57 Å². The highest BCUT2D eigenvalue weighted by Crippen LogP contribution is 2.54. The molecule has 1 fully saturated rings. The van der Waals surface area contributed by atoms with E-state index in [1.807, 2.05) is 68.4 Å². The Kier molecular flexibility index (Phi) is 7.46. The van der Waals surface area contributed by atoms with Crippen LogP contribution in [0.3, 0.4) is 0 Å². The Hall–Kier alpha value is -3.86. The molecule has 1 saturated heterocycles. The Balaban J connectivity index is 1.41. The highest BCUT2D eigenvalue weighted by Gasteiger charge is 2.56. The summed E-state index contributed by atoms with van der Waals surface area (Å²) in [5.74, 6) is -2.28. The second-order valence-electron chi connectivity index (χ2n) is 10.6. The van der Waals surface area contributed by atoms with Crippen LogP contribution in [-0.4, -0.2) is 41.6 Å². The predicted molar refractivity (Wildman–Crippen MR) is 168 cm³/mol. The van der Waals surface area contributed by atoms with Crippen molar-refractivity contribution in [1.29, 1.82) is 0 Å². The molecule has 1 aromatic heterocycles. The van der Waals surface area contributed by atoms with E-state index in [9.17, 15) is 19.2 Å². The number of hydrogen-bond acceptors (Lipinski definition) is 7. The number of halogens is 1. The van der Waals surface area contributed by atoms with Gasteiger partial charge in [-0.05, 0) is 66.6 Å². The number of rotatable bonds is 6. The third-order valence-corrected chi connectivity index (χ3v) is 10.4. The van der Waals surface area contributed by atoms with E-state index in [2.05, 4.69) is 5.32 Å². The maximum Gasteiger partial charge on any atom is 0.308 e. The normalized spacial score (nSPS) is 19.4. The summed E-state index contributed by atoms with van der Waals surface area (Å²) in [6.45, 7) is 1.72. The summed E-state index contributed by atoms with van der Waals surface area (Å²) < 4.78 is 1.43. The second-order valence-corrected chi connectivity index (χ2v) is 13.1. The summed E-state index contributed by atoms with van der Waals surface area (Å²) >= 11 is 8.29. The highest BCUT2D eigenvalue weighted by atomic mass is 35.5. The minimum absolute atomic E-state index is 0.210. The van der Waals surface area contributed by atoms with E-state index in [1.165, 1.54) is 21.2 Å². The number of anilines is 3. The predicted octanol–water partition coefficient (Wildman–Crippen LogP) is 5.37. The number of nitrogens with zero attached hydrogens (tertiary/aromatic N) is 3. The van der Waals surface area contributed by atoms with Gasteiger partial charge in [0.15, 0.2) is 0 Å². The minimum atomic E-state index is -0.765. The van der Waals surface area contributed by atoms with E-state index in [-0.39, 0.29) is 29.1 Å². The number of benzene rings is 3. The van der Waals surface area contributed by atoms with Crippen LogP contribution in [0.5, 0.6) is 0 Å². The number of thioether (sulfide) groups is 1. The largest absolute Gasteiger partial charge is 0.378 e. The number of carbonyl (C=O) groups is 3. The number of amides is 3. The molecule has 11 heteroatoms. The molecule has 6 rings (SSSR count). The lowest BCUT2D eigenvalue weighted by Gasteiger charge is -2.31. The Bertz CT molecular complexity index is 1760. The summed E-state index contributed by atoms with van der Waals surface area (Å²) in [5.41, 5.74) is 3.89. The molecular weight excluding hydrogens is 592 g/mol. The van der Waals surface area contributed by atoms with Gasteiger partial charge in [0.2, 0.25) is 17.7 Å². The zero-order valence-electron chi connectivity index (χ0n) is 23.0. The molecule has 0 saturated carbocycles. The van der Waals surface area contributed by atoms with Crippen LogP contribution in [0.4, 0.5) is 17.1 Å². The first-order valence-electron chi connectivity index (χ1n) is 13.3. The van der Waals surface area contributed by atoms with Gasteiger partial charge in [-0.3, -0.25) is 23.7 Å². The van der Waals surface area contributed by atoms with Gasteiger partial charge in [0.05, 0.1) is 16.6 Å². The number of aromatic nitrogens is 1. The van der Waals surface area contributed by atoms with E-state index in [4.69, 9.17) is 11.6 Å². The van der Waals surface area contributed by atoms with Gasteiger partial charge >= 0.3 is 4.87 Å². The molecule has 3 aromatic carbocycles. The van der Waals surface area contributed by atoms with Gasteiger partial charge < -0.3 is 10.2 Å². The summed E-state index contributed by atoms with van der Waals surface area (Å²) in [5, 5.41) is 3.14. The number of hydrogen-bond donors (Lipinski definition) is 1. The first-order valence-corrected chi connectivity index (χ1v) is 15.4. The van der Waals surface area contributed by atoms with Gasteiger partial charge in [-0.2, -0.15) is 0 Å². The summed E-state index contributed by atoms with van der Waals surface area (Å²) in [4.78, 5) is 57.9. The van der Waals surface area contributed by atoms with Gasteiger partial charge in [-0.25, -0.2) is 4.90 Å². The summed E-state index contributed by atoms with van der Waals surface area (Å²) in [6, 6.07) is 21.8. The molecule has 2 unspecified atom stereocenters. The zero-order chi connectivity index (χ0) is 29.7. The molecule has 3 atom stereocenters. The molecule has 0 spiro atoms. The van der Waals surface area contributed by atoms with Crippen molar-refractivity contribution in [2.75, 3.05) is 29.2 Å². The number of aryl methyl sites for hydroxylation is 1. The average molecular weight is 619 g/mol. The lowest BCUT2D eigenvalue weighted by molar-refractivity contribution is -0.122. The molecule has 2 aliphatic heterocycles. The highest BCUT2D eigenvalue weighted by molar-refractivity contribution is 8.00. The van der Waals surface area contributed by atoms with Crippen molar-refractivity contribution in [3.05, 3.63) is 103 Å². The number of fused-ring (bicyclic) bond motifs is 2. The number of carbonyl (C=O) groups excluding carboxylic acids is 3. The molecule has 0 radical (unpaired) electrons. The molecular formula is C31H27ClN4O4S2. The van der Waals surface area contributed by atoms with Crippen molar-refractivity contribution < 1.29 is 14.4 Å². The third kappa shape index (κ3) is 5.04. The Morgan fingerprint density at radius 3 is 2.36 bits per heavy atom. The molecule has 1 N–H and O–H groups in total. The van der Waals surface area contributed by atoms with Gasteiger partial charge in [0, 0.05) is 41.3 Å². The lowest BCUT2D eigenvalue weighted by Crippen LogP contribution is -2.33. The van der Waals surface area contributed by atoms with E-state index >= 15 is 0 Å². The minimum Gasteiger partial charge on any atom is -0.378 e. The van der Waals surface area contributed by atoms with Crippen LogP contribution in [0.15, 0.2) is 82.6 Å². The van der Waals surface area contributed by atoms with Crippen LogP contribution in [0.2, 0.25) is 5.02 Å². The first-order chi connectivity index (χ1) is 20.1. The summed E-state index contributed by atoms with van der Waals surface area (Å²) in [6.07, 6.45) is 0. The summed E-state index contributed by atoms with van der Waals surface area (Å²) in [7, 11) is 3.88. The van der Waals surface area contributed by atoms with Crippen LogP contribution in [-0.2, 0) is 20.9 Å². The van der Waals surface area contributed by atoms with Crippen LogP contribution in [0.25, 0.3) is 0 Å². The fourth-order valence-electron chi connectivity index (χ4n) is 5.51. The maximum atomic E-state index is 14.0. The average Bonchev–Trinajstić information content (AvgIpc) is 3.40. The Morgan fingerprint density at radius 2 is 1.69 bits per heavy atom. The zero-order valence-corrected chi connectivity index (χ0v) is 25.4. The standard InChI is InChI=1S/C31H27ClN4O4S2/c1-17-5-4-6-20(15-17)33-23(37)16-35-30-27(42-31(35)40)24(18-7-11-21(12-8-18)34(2)3)25-26(41-30)29(39)36(28(25)38)22-13-9-19(32)10-14-22/h4-15,24-26H,16H2,1-3H3,(H,33,37)/t24-,25?,26?/m1/s1. The van der Waals surface area contributed by atoms with Crippen LogP contribution in [0, 0.1) is 12.8 Å². The smallest absolute Gasteiger partial charge is 0.308 e. The molecule has 3 amide bonds. The molecule has 4 aromatic rings. The van der Waals surface area contributed by atoms with E-state index in [0.717, 1.165) is 28.2 Å². The molecule has 8 nitrogen and oxygen atoms in total. The quantitative estimate of drug-likeness (QED) is 0.292. The molecule has 3 heterocycles. The second kappa shape index (κ2) is 11.1. The maximum absolute atomic E-state index is 14.0. The number of thiazole rings is 1. The topological polar surface area (TPSA) is 91.7 Å². The van der Waals surface area contributed by atoms with Gasteiger partial charge in [0.1, 0.15) is 11.8 Å². The molecule has 0 bridgehead atoms. The molecule has 42 heavy (non-hydrogen) atoms. The number of nitrogens with one attached hydrogen (secondary N) is 1. The van der Waals surface area contributed by atoms with Crippen molar-refractivity contribution in [2.45, 2.75) is 29.7 Å². The fourth-order valence-corrected chi connectivity index (χ4v) is 8.41. The van der Waals surface area contributed by atoms with Gasteiger partial charge in [-0.1, -0.05) is 59.0 Å². The van der Waals surface area contributed by atoms with Crippen LogP contribution < -0.4 is 20.0 Å². The first kappa shape index (κ1) is 28.3. The van der Waals surface area contributed by atoms with Crippen LogP contribution >= 0.6 is 34.7 Å². The van der Waals surface area contributed by atoms with Crippen molar-refractivity contribution >= 4 is 69.5 Å². The van der Waals surface area contributed by atoms with Crippen molar-refractivity contribution in [3.63, 3.8) is 0 Å². The van der Waals surface area contributed by atoms with Crippen molar-refractivity contribution in [3.8, 4) is 0 Å². The van der Waals surface area contributed by atoms with E-state index in [1.54, 1.807) is 30.3 Å². The van der Waals surface area contributed by atoms with Gasteiger partial charge in [0.25, 0.3) is 0 Å². The van der Waals surface area contributed by atoms with E-state index in [0.29, 0.717) is 26.3 Å². The van der Waals surface area contributed by atoms with E-state index < -0.39 is 17.1 Å². The van der Waals surface area contributed by atoms with Crippen molar-refractivity contribution in [2.24, 2.45) is 5.92 Å². The third-order valence-electron chi connectivity index (χ3n) is 7.51. The monoisotopic (exact) mass is 618 g/mol. The Labute approximate surface area is 255 Å². The fraction of sp³-hybridized carbons (Fsp3) is 0.226. The molecule has 214 valence electrons. The Morgan fingerprint density at radius 1 is 0.976 bits per heavy atom. The SMILES string of the molecule is Cc1cccc(NC(=O)Cn2c3c(sc2=O)[C@H](c2ccc(N(C)C)cc2)C2C(=O)N(c4ccc(Cl)cc4)C(=O)C2S3)c1. The van der Waals surface area contributed by atoms with Crippen LogP contribution in [0.1, 0.15) is 21.9 Å². The lowest BCUT2D eigenvalue weighted by atomic mass is 9.83. The number of imide groups is 1. The van der Waals surface area contributed by atoms with Gasteiger partial charge in [-0.15, -0.1) is 0 Å². The molecule has 0 aliphatic carbocycles. The molecule has 2 aliphatic rings.